The number of hydrogen-bond donors (Lipinski definition) is 2. The fourth-order valence-electron chi connectivity index (χ4n) is 3.33. The number of carbonyl (C=O) groups is 2. The summed E-state index contributed by atoms with van der Waals surface area (Å²) in [5.41, 5.74) is 3.42. The lowest BCUT2D eigenvalue weighted by atomic mass is 9.98. The number of nitrogens with one attached hydrogen (secondary N) is 2. The molecule has 0 saturated heterocycles. The normalized spacial score (nSPS) is 15.0. The van der Waals surface area contributed by atoms with Crippen molar-refractivity contribution >= 4 is 63.7 Å². The fraction of sp³-hybridized carbons (Fsp3) is 0.130. The van der Waals surface area contributed by atoms with Crippen molar-refractivity contribution in [3.63, 3.8) is 0 Å². The van der Waals surface area contributed by atoms with Gasteiger partial charge in [0.1, 0.15) is 0 Å². The number of nitrogens with zero attached hydrogens (tertiary/aromatic N) is 2. The molecule has 0 spiro atoms. The van der Waals surface area contributed by atoms with Gasteiger partial charge in [0.25, 0.3) is 11.8 Å². The zero-order chi connectivity index (χ0) is 23.4. The Balaban J connectivity index is 1.53. The summed E-state index contributed by atoms with van der Waals surface area (Å²) in [5, 5.41) is 10.2. The van der Waals surface area contributed by atoms with Gasteiger partial charge in [-0.05, 0) is 42.0 Å². The zero-order valence-corrected chi connectivity index (χ0v) is 19.2. The molecular formula is C23H17Cl3N4O3. The molecule has 2 heterocycles. The van der Waals surface area contributed by atoms with Gasteiger partial charge < -0.3 is 15.5 Å². The maximum absolute atomic E-state index is 12.6. The molecule has 2 N–H and O–H groups in total. The van der Waals surface area contributed by atoms with E-state index in [1.54, 1.807) is 54.7 Å². The molecule has 4 rings (SSSR count). The van der Waals surface area contributed by atoms with Crippen LogP contribution in [0.15, 0.2) is 72.1 Å². The third kappa shape index (κ3) is 5.45. The number of hydrogen-bond acceptors (Lipinski definition) is 5. The molecule has 7 nitrogen and oxygen atoms in total. The van der Waals surface area contributed by atoms with Crippen LogP contribution in [-0.4, -0.2) is 27.3 Å². The van der Waals surface area contributed by atoms with Gasteiger partial charge in [-0.15, -0.1) is 0 Å². The smallest absolute Gasteiger partial charge is 0.257 e. The van der Waals surface area contributed by atoms with Gasteiger partial charge in [0.05, 0.1) is 22.0 Å². The number of oxime groups is 1. The zero-order valence-electron chi connectivity index (χ0n) is 17.0. The first-order chi connectivity index (χ1) is 15.9. The largest absolute Gasteiger partial charge is 0.387 e. The van der Waals surface area contributed by atoms with Gasteiger partial charge in [-0.2, -0.15) is 0 Å². The summed E-state index contributed by atoms with van der Waals surface area (Å²) in [6.07, 6.45) is 3.08. The minimum absolute atomic E-state index is 0.317. The van der Waals surface area contributed by atoms with Crippen LogP contribution in [0.1, 0.15) is 34.0 Å². The van der Waals surface area contributed by atoms with E-state index < -0.39 is 16.8 Å². The van der Waals surface area contributed by atoms with E-state index in [-0.39, 0.29) is 5.91 Å². The van der Waals surface area contributed by atoms with Gasteiger partial charge in [0, 0.05) is 30.1 Å². The molecule has 168 valence electrons. The predicted molar refractivity (Wildman–Crippen MR) is 129 cm³/mol. The van der Waals surface area contributed by atoms with Gasteiger partial charge >= 0.3 is 0 Å². The lowest BCUT2D eigenvalue weighted by molar-refractivity contribution is -0.114. The summed E-state index contributed by atoms with van der Waals surface area (Å²) in [6, 6.07) is 15.7. The summed E-state index contributed by atoms with van der Waals surface area (Å²) in [6.45, 7) is 0. The Morgan fingerprint density at radius 3 is 2.64 bits per heavy atom. The van der Waals surface area contributed by atoms with Crippen molar-refractivity contribution < 1.29 is 14.4 Å². The second-order valence-corrected chi connectivity index (χ2v) is 8.61. The quantitative estimate of drug-likeness (QED) is 0.429. The highest BCUT2D eigenvalue weighted by Gasteiger charge is 2.28. The molecule has 0 radical (unpaired) electrons. The molecule has 1 aromatic heterocycles. The van der Waals surface area contributed by atoms with Gasteiger partial charge in [-0.3, -0.25) is 14.6 Å². The molecule has 1 atom stereocenters. The molecule has 33 heavy (non-hydrogen) atoms. The molecule has 2 aromatic carbocycles. The molecule has 1 unspecified atom stereocenters. The number of amides is 2. The topological polar surface area (TPSA) is 92.7 Å². The Hall–Kier alpha value is -3.13. The lowest BCUT2D eigenvalue weighted by Gasteiger charge is -2.13. The summed E-state index contributed by atoms with van der Waals surface area (Å²) >= 11 is 17.7. The van der Waals surface area contributed by atoms with Gasteiger partial charge in [-0.1, -0.05) is 58.2 Å². The SMILES string of the molecule is O=C(Nc1cccc(Cl)c1C1=NOC(c2cccc(NC(=O)C(Cl)Cl)c2)C1)c1cccnc1. The summed E-state index contributed by atoms with van der Waals surface area (Å²) in [5.74, 6) is -0.840. The number of anilines is 2. The Kier molecular flexibility index (Phi) is 7.13. The van der Waals surface area contributed by atoms with E-state index >= 15 is 0 Å². The number of benzene rings is 2. The third-order valence-electron chi connectivity index (χ3n) is 4.87. The van der Waals surface area contributed by atoms with E-state index in [4.69, 9.17) is 39.6 Å². The van der Waals surface area contributed by atoms with E-state index in [9.17, 15) is 9.59 Å². The molecule has 3 aromatic rings. The summed E-state index contributed by atoms with van der Waals surface area (Å²) < 4.78 is 0. The number of alkyl halides is 2. The van der Waals surface area contributed by atoms with Crippen LogP contribution in [0, 0.1) is 0 Å². The molecule has 0 fully saturated rings. The van der Waals surface area contributed by atoms with Gasteiger partial charge in [0.2, 0.25) is 0 Å². The molecule has 0 saturated carbocycles. The highest BCUT2D eigenvalue weighted by atomic mass is 35.5. The first-order valence-corrected chi connectivity index (χ1v) is 11.1. The molecule has 0 bridgehead atoms. The van der Waals surface area contributed by atoms with Crippen LogP contribution in [0.4, 0.5) is 11.4 Å². The minimum Gasteiger partial charge on any atom is -0.387 e. The number of carbonyl (C=O) groups excluding carboxylic acids is 2. The number of halogens is 3. The minimum atomic E-state index is -1.17. The van der Waals surface area contributed by atoms with E-state index in [0.717, 1.165) is 5.56 Å². The highest BCUT2D eigenvalue weighted by molar-refractivity contribution is 6.54. The van der Waals surface area contributed by atoms with Crippen LogP contribution in [0.5, 0.6) is 0 Å². The summed E-state index contributed by atoms with van der Waals surface area (Å²) in [4.78, 5) is 32.9. The predicted octanol–water partition coefficient (Wildman–Crippen LogP) is 5.60. The number of rotatable bonds is 6. The van der Waals surface area contributed by atoms with Gasteiger partial charge in [-0.25, -0.2) is 0 Å². The van der Waals surface area contributed by atoms with Crippen molar-refractivity contribution in [3.8, 4) is 0 Å². The number of aromatic nitrogens is 1. The summed E-state index contributed by atoms with van der Waals surface area (Å²) in [7, 11) is 0. The van der Waals surface area contributed by atoms with Crippen LogP contribution in [0.25, 0.3) is 0 Å². The maximum Gasteiger partial charge on any atom is 0.257 e. The van der Waals surface area contributed by atoms with Gasteiger partial charge in [0.15, 0.2) is 10.9 Å². The first kappa shape index (κ1) is 23.0. The fourth-order valence-corrected chi connectivity index (χ4v) is 3.72. The Labute approximate surface area is 204 Å². The lowest BCUT2D eigenvalue weighted by Crippen LogP contribution is -2.18. The van der Waals surface area contributed by atoms with Crippen molar-refractivity contribution in [1.29, 1.82) is 0 Å². The maximum atomic E-state index is 12.6. The molecule has 10 heteroatoms. The van der Waals surface area contributed by atoms with Crippen LogP contribution >= 0.6 is 34.8 Å². The second kappa shape index (κ2) is 10.2. The molecule has 2 amide bonds. The number of pyridine rings is 1. The van der Waals surface area contributed by atoms with E-state index in [1.165, 1.54) is 6.20 Å². The monoisotopic (exact) mass is 502 g/mol. The average Bonchev–Trinajstić information content (AvgIpc) is 3.29. The van der Waals surface area contributed by atoms with Crippen molar-refractivity contribution in [1.82, 2.24) is 4.98 Å². The van der Waals surface area contributed by atoms with Crippen LogP contribution < -0.4 is 10.6 Å². The van der Waals surface area contributed by atoms with Crippen LogP contribution in [0.2, 0.25) is 5.02 Å². The second-order valence-electron chi connectivity index (χ2n) is 7.11. The van der Waals surface area contributed by atoms with Crippen LogP contribution in [-0.2, 0) is 9.63 Å². The Morgan fingerprint density at radius 1 is 1.06 bits per heavy atom. The van der Waals surface area contributed by atoms with Crippen LogP contribution in [0.3, 0.4) is 0 Å². The molecule has 1 aliphatic rings. The molecule has 1 aliphatic heterocycles. The average molecular weight is 504 g/mol. The Bertz CT molecular complexity index is 1220. The van der Waals surface area contributed by atoms with Crippen molar-refractivity contribution in [2.75, 3.05) is 10.6 Å². The molecular weight excluding hydrogens is 487 g/mol. The first-order valence-electron chi connectivity index (χ1n) is 9.84. The highest BCUT2D eigenvalue weighted by Crippen LogP contribution is 2.35. The molecule has 0 aliphatic carbocycles. The third-order valence-corrected chi connectivity index (χ3v) is 5.58. The van der Waals surface area contributed by atoms with E-state index in [0.29, 0.717) is 39.7 Å². The van der Waals surface area contributed by atoms with Crippen molar-refractivity contribution in [2.24, 2.45) is 5.16 Å². The Morgan fingerprint density at radius 2 is 1.88 bits per heavy atom. The van der Waals surface area contributed by atoms with E-state index in [1.807, 2.05) is 6.07 Å². The van der Waals surface area contributed by atoms with Crippen molar-refractivity contribution in [3.05, 3.63) is 88.7 Å². The standard InChI is InChI=1S/C23H17Cl3N4O3/c24-16-7-2-8-17(29-22(31)14-5-3-9-27-12-14)20(16)18-11-19(33-30-18)13-4-1-6-15(10-13)28-23(32)21(25)26/h1-10,12,19,21H,11H2,(H,28,32)(H,29,31). The van der Waals surface area contributed by atoms with E-state index in [2.05, 4.69) is 20.8 Å². The van der Waals surface area contributed by atoms with Crippen molar-refractivity contribution in [2.45, 2.75) is 17.4 Å².